The second-order valence-corrected chi connectivity index (χ2v) is 6.89. The van der Waals surface area contributed by atoms with Crippen LogP contribution in [0.3, 0.4) is 0 Å². The van der Waals surface area contributed by atoms with Crippen molar-refractivity contribution in [2.24, 2.45) is 0 Å². The molecule has 124 valence electrons. The first-order valence-electron chi connectivity index (χ1n) is 7.52. The fourth-order valence-electron chi connectivity index (χ4n) is 2.34. The Bertz CT molecular complexity index is 624. The lowest BCUT2D eigenvalue weighted by Crippen LogP contribution is -2.13. The molecule has 2 rings (SSSR count). The summed E-state index contributed by atoms with van der Waals surface area (Å²) in [6.45, 7) is 4.88. The van der Waals surface area contributed by atoms with Gasteiger partial charge in [0.1, 0.15) is 5.75 Å². The molecule has 5 heteroatoms. The molecule has 0 heterocycles. The minimum atomic E-state index is 0.645. The van der Waals surface area contributed by atoms with Crippen molar-refractivity contribution in [2.75, 3.05) is 13.7 Å². The predicted octanol–water partition coefficient (Wildman–Crippen LogP) is 5.05. The molecule has 0 spiro atoms. The number of benzene rings is 2. The van der Waals surface area contributed by atoms with Crippen molar-refractivity contribution in [3.8, 4) is 5.75 Å². The molecule has 0 fully saturated rings. The monoisotopic (exact) mass is 441 g/mol. The number of ether oxygens (including phenoxy) is 2. The maximum atomic E-state index is 5.61. The van der Waals surface area contributed by atoms with Crippen LogP contribution in [0.5, 0.6) is 5.75 Å². The average molecular weight is 443 g/mol. The summed E-state index contributed by atoms with van der Waals surface area (Å²) < 4.78 is 12.7. The van der Waals surface area contributed by atoms with Crippen molar-refractivity contribution in [1.82, 2.24) is 5.32 Å². The van der Waals surface area contributed by atoms with Crippen LogP contribution < -0.4 is 10.1 Å². The summed E-state index contributed by atoms with van der Waals surface area (Å²) in [5, 5.41) is 3.47. The Hall–Kier alpha value is -0.880. The molecule has 2 aromatic rings. The zero-order valence-corrected chi connectivity index (χ0v) is 16.5. The van der Waals surface area contributed by atoms with Gasteiger partial charge in [0.05, 0.1) is 22.2 Å². The van der Waals surface area contributed by atoms with Gasteiger partial charge in [0, 0.05) is 20.2 Å². The molecule has 2 aromatic carbocycles. The largest absolute Gasteiger partial charge is 0.492 e. The van der Waals surface area contributed by atoms with Crippen molar-refractivity contribution in [1.29, 1.82) is 0 Å². The van der Waals surface area contributed by atoms with Crippen LogP contribution in [0.4, 0.5) is 0 Å². The van der Waals surface area contributed by atoms with Crippen LogP contribution in [0, 0.1) is 0 Å². The van der Waals surface area contributed by atoms with Crippen LogP contribution in [0.1, 0.15) is 23.6 Å². The minimum Gasteiger partial charge on any atom is -0.492 e. The van der Waals surface area contributed by atoms with Crippen LogP contribution in [0.2, 0.25) is 0 Å². The normalized spacial score (nSPS) is 10.8. The number of rotatable bonds is 8. The number of hydrogen-bond acceptors (Lipinski definition) is 3. The van der Waals surface area contributed by atoms with Crippen LogP contribution in [-0.2, 0) is 24.4 Å². The van der Waals surface area contributed by atoms with Crippen molar-refractivity contribution < 1.29 is 9.47 Å². The molecule has 3 nitrogen and oxygen atoms in total. The molecule has 0 aromatic heterocycles. The Balaban J connectivity index is 1.95. The maximum Gasteiger partial charge on any atom is 0.147 e. The smallest absolute Gasteiger partial charge is 0.147 e. The average Bonchev–Trinajstić information content (AvgIpc) is 2.52. The van der Waals surface area contributed by atoms with E-state index in [4.69, 9.17) is 9.47 Å². The standard InChI is InChI=1S/C18H21Br2NO2/c1-3-23-18-16(19)8-15(9-17(18)20)11-21-10-13-5-4-6-14(7-13)12-22-2/h4-9,21H,3,10-12H2,1-2H3. The molecule has 0 amide bonds. The number of methoxy groups -OCH3 is 1. The zero-order valence-electron chi connectivity index (χ0n) is 13.4. The van der Waals surface area contributed by atoms with Gasteiger partial charge in [-0.15, -0.1) is 0 Å². The van der Waals surface area contributed by atoms with E-state index >= 15 is 0 Å². The number of halogens is 2. The van der Waals surface area contributed by atoms with Gasteiger partial charge in [0.25, 0.3) is 0 Å². The van der Waals surface area contributed by atoms with Gasteiger partial charge in [-0.1, -0.05) is 24.3 Å². The van der Waals surface area contributed by atoms with Crippen LogP contribution in [-0.4, -0.2) is 13.7 Å². The van der Waals surface area contributed by atoms with E-state index in [9.17, 15) is 0 Å². The van der Waals surface area contributed by atoms with Gasteiger partial charge in [-0.05, 0) is 67.6 Å². The van der Waals surface area contributed by atoms with E-state index in [1.807, 2.05) is 6.92 Å². The second-order valence-electron chi connectivity index (χ2n) is 5.18. The van der Waals surface area contributed by atoms with Gasteiger partial charge in [0.2, 0.25) is 0 Å². The first-order valence-corrected chi connectivity index (χ1v) is 9.10. The van der Waals surface area contributed by atoms with E-state index in [0.717, 1.165) is 27.8 Å². The summed E-state index contributed by atoms with van der Waals surface area (Å²) in [5.74, 6) is 0.850. The fraction of sp³-hybridized carbons (Fsp3) is 0.333. The summed E-state index contributed by atoms with van der Waals surface area (Å²) in [4.78, 5) is 0. The van der Waals surface area contributed by atoms with Crippen LogP contribution >= 0.6 is 31.9 Å². The molecule has 0 bridgehead atoms. The Morgan fingerprint density at radius 1 is 0.957 bits per heavy atom. The van der Waals surface area contributed by atoms with Gasteiger partial charge in [0.15, 0.2) is 0 Å². The van der Waals surface area contributed by atoms with Crippen molar-refractivity contribution in [3.05, 3.63) is 62.0 Å². The van der Waals surface area contributed by atoms with Gasteiger partial charge >= 0.3 is 0 Å². The van der Waals surface area contributed by atoms with Gasteiger partial charge in [-0.2, -0.15) is 0 Å². The maximum absolute atomic E-state index is 5.61. The Labute approximate surface area is 154 Å². The molecule has 0 aliphatic heterocycles. The third kappa shape index (κ3) is 5.60. The summed E-state index contributed by atoms with van der Waals surface area (Å²) in [7, 11) is 1.71. The van der Waals surface area contributed by atoms with E-state index in [1.54, 1.807) is 7.11 Å². The summed E-state index contributed by atoms with van der Waals surface area (Å²) >= 11 is 7.13. The minimum absolute atomic E-state index is 0.645. The van der Waals surface area contributed by atoms with E-state index in [2.05, 4.69) is 73.6 Å². The number of nitrogens with one attached hydrogen (secondary N) is 1. The summed E-state index contributed by atoms with van der Waals surface area (Å²) in [6.07, 6.45) is 0. The lowest BCUT2D eigenvalue weighted by molar-refractivity contribution is 0.185. The Morgan fingerprint density at radius 2 is 1.61 bits per heavy atom. The molecule has 0 atom stereocenters. The third-order valence-electron chi connectivity index (χ3n) is 3.31. The van der Waals surface area contributed by atoms with E-state index in [1.165, 1.54) is 16.7 Å². The van der Waals surface area contributed by atoms with Crippen LogP contribution in [0.15, 0.2) is 45.3 Å². The topological polar surface area (TPSA) is 30.5 Å². The molecule has 1 N–H and O–H groups in total. The van der Waals surface area contributed by atoms with Gasteiger partial charge in [-0.25, -0.2) is 0 Å². The molecule has 23 heavy (non-hydrogen) atoms. The zero-order chi connectivity index (χ0) is 16.7. The highest BCUT2D eigenvalue weighted by molar-refractivity contribution is 9.11. The van der Waals surface area contributed by atoms with Gasteiger partial charge < -0.3 is 14.8 Å². The lowest BCUT2D eigenvalue weighted by Gasteiger charge is -2.12. The van der Waals surface area contributed by atoms with E-state index in [0.29, 0.717) is 13.2 Å². The molecular weight excluding hydrogens is 422 g/mol. The van der Waals surface area contributed by atoms with Crippen molar-refractivity contribution in [2.45, 2.75) is 26.6 Å². The Morgan fingerprint density at radius 3 is 2.26 bits per heavy atom. The first-order chi connectivity index (χ1) is 11.1. The molecule has 0 radical (unpaired) electrons. The lowest BCUT2D eigenvalue weighted by atomic mass is 10.1. The summed E-state index contributed by atoms with van der Waals surface area (Å²) in [6, 6.07) is 12.6. The van der Waals surface area contributed by atoms with Gasteiger partial charge in [-0.3, -0.25) is 0 Å². The van der Waals surface area contributed by atoms with E-state index < -0.39 is 0 Å². The highest BCUT2D eigenvalue weighted by Crippen LogP contribution is 2.34. The molecule has 0 unspecified atom stereocenters. The first kappa shape index (κ1) is 18.5. The Kier molecular flexibility index (Phi) is 7.56. The fourth-order valence-corrected chi connectivity index (χ4v) is 3.85. The second kappa shape index (κ2) is 9.42. The van der Waals surface area contributed by atoms with Crippen LogP contribution in [0.25, 0.3) is 0 Å². The third-order valence-corrected chi connectivity index (χ3v) is 4.49. The molecule has 0 aliphatic carbocycles. The molecule has 0 saturated carbocycles. The quantitative estimate of drug-likeness (QED) is 0.620. The van der Waals surface area contributed by atoms with E-state index in [-0.39, 0.29) is 0 Å². The molecular formula is C18H21Br2NO2. The predicted molar refractivity (Wildman–Crippen MR) is 101 cm³/mol. The molecule has 0 saturated heterocycles. The van der Waals surface area contributed by atoms with Crippen molar-refractivity contribution >= 4 is 31.9 Å². The van der Waals surface area contributed by atoms with Crippen molar-refractivity contribution in [3.63, 3.8) is 0 Å². The highest BCUT2D eigenvalue weighted by atomic mass is 79.9. The summed E-state index contributed by atoms with van der Waals surface area (Å²) in [5.41, 5.74) is 3.64. The molecule has 0 aliphatic rings. The SMILES string of the molecule is CCOc1c(Br)cc(CNCc2cccc(COC)c2)cc1Br. The highest BCUT2D eigenvalue weighted by Gasteiger charge is 2.08. The number of hydrogen-bond donors (Lipinski definition) is 1.